The molecule has 2 aromatic rings. The molecule has 2 aliphatic rings. The number of piperidine rings is 1. The number of aryl methyl sites for hydroxylation is 1. The van der Waals surface area contributed by atoms with E-state index in [1.807, 2.05) is 49.4 Å². The summed E-state index contributed by atoms with van der Waals surface area (Å²) < 4.78 is 5.49. The fraction of sp³-hybridized carbons (Fsp3) is 0.481. The van der Waals surface area contributed by atoms with Crippen molar-refractivity contribution in [2.75, 3.05) is 18.0 Å². The van der Waals surface area contributed by atoms with E-state index < -0.39 is 6.09 Å². The Balaban J connectivity index is 1.30. The van der Waals surface area contributed by atoms with Crippen LogP contribution >= 0.6 is 11.6 Å². The molecule has 4 rings (SSSR count). The number of nitrogens with zero attached hydrogens (tertiary/aromatic N) is 2. The standard InChI is InChI=1S/C27H33ClN4O2/c1-19-8-11-21(24(28)15-19)18-34-27(33)31-26-7-3-2-6-25(26)30-22-5-4-14-32(17-22)23-12-9-20(16-29)10-13-23/h8-13,15,22,25-26,30H,2-7,14,17-18H2,1H3,(H,31,33). The van der Waals surface area contributed by atoms with Crippen LogP contribution in [-0.2, 0) is 11.3 Å². The molecule has 0 spiro atoms. The van der Waals surface area contributed by atoms with Gasteiger partial charge in [0.15, 0.2) is 0 Å². The minimum Gasteiger partial charge on any atom is -0.445 e. The number of anilines is 1. The van der Waals surface area contributed by atoms with Gasteiger partial charge in [-0.3, -0.25) is 0 Å². The molecule has 1 amide bonds. The van der Waals surface area contributed by atoms with Crippen molar-refractivity contribution in [3.63, 3.8) is 0 Å². The Kier molecular flexibility index (Phi) is 8.31. The Bertz CT molecular complexity index is 1020. The Morgan fingerprint density at radius 2 is 1.88 bits per heavy atom. The Morgan fingerprint density at radius 1 is 1.12 bits per heavy atom. The van der Waals surface area contributed by atoms with E-state index in [-0.39, 0.29) is 18.7 Å². The quantitative estimate of drug-likeness (QED) is 0.585. The van der Waals surface area contributed by atoms with Gasteiger partial charge in [-0.25, -0.2) is 4.79 Å². The van der Waals surface area contributed by atoms with Crippen molar-refractivity contribution in [2.45, 2.75) is 70.2 Å². The van der Waals surface area contributed by atoms with Crippen molar-refractivity contribution in [1.29, 1.82) is 5.26 Å². The summed E-state index contributed by atoms with van der Waals surface area (Å²) in [5.74, 6) is 0. The topological polar surface area (TPSA) is 77.4 Å². The largest absolute Gasteiger partial charge is 0.445 e. The maximum absolute atomic E-state index is 12.6. The summed E-state index contributed by atoms with van der Waals surface area (Å²) in [5.41, 5.74) is 3.73. The lowest BCUT2D eigenvalue weighted by Crippen LogP contribution is -2.57. The smallest absolute Gasteiger partial charge is 0.407 e. The van der Waals surface area contributed by atoms with Gasteiger partial charge in [0.1, 0.15) is 6.61 Å². The van der Waals surface area contributed by atoms with E-state index in [4.69, 9.17) is 21.6 Å². The van der Waals surface area contributed by atoms with E-state index in [9.17, 15) is 4.79 Å². The van der Waals surface area contributed by atoms with Crippen molar-refractivity contribution in [3.05, 3.63) is 64.2 Å². The van der Waals surface area contributed by atoms with Crippen LogP contribution in [0, 0.1) is 18.3 Å². The molecule has 2 N–H and O–H groups in total. The Hall–Kier alpha value is -2.75. The van der Waals surface area contributed by atoms with Crippen LogP contribution < -0.4 is 15.5 Å². The van der Waals surface area contributed by atoms with E-state index >= 15 is 0 Å². The highest BCUT2D eigenvalue weighted by Crippen LogP contribution is 2.24. The van der Waals surface area contributed by atoms with Crippen molar-refractivity contribution >= 4 is 23.4 Å². The highest BCUT2D eigenvalue weighted by atomic mass is 35.5. The first-order valence-electron chi connectivity index (χ1n) is 12.2. The summed E-state index contributed by atoms with van der Waals surface area (Å²) in [6, 6.07) is 16.4. The van der Waals surface area contributed by atoms with Crippen molar-refractivity contribution in [1.82, 2.24) is 10.6 Å². The molecule has 2 fully saturated rings. The molecule has 0 bridgehead atoms. The van der Waals surface area contributed by atoms with E-state index in [1.165, 1.54) is 0 Å². The molecule has 2 aromatic carbocycles. The number of benzene rings is 2. The second-order valence-corrected chi connectivity index (χ2v) is 9.83. The minimum atomic E-state index is -0.391. The summed E-state index contributed by atoms with van der Waals surface area (Å²) in [5, 5.41) is 16.6. The summed E-state index contributed by atoms with van der Waals surface area (Å²) in [6.07, 6.45) is 6.10. The van der Waals surface area contributed by atoms with E-state index in [1.54, 1.807) is 0 Å². The second-order valence-electron chi connectivity index (χ2n) is 9.42. The zero-order valence-electron chi connectivity index (χ0n) is 19.7. The molecular weight excluding hydrogens is 448 g/mol. The van der Waals surface area contributed by atoms with Crippen LogP contribution in [0.4, 0.5) is 10.5 Å². The number of nitriles is 1. The number of nitrogens with one attached hydrogen (secondary N) is 2. The third-order valence-corrected chi connectivity index (χ3v) is 7.22. The first-order valence-corrected chi connectivity index (χ1v) is 12.6. The lowest BCUT2D eigenvalue weighted by atomic mass is 9.89. The van der Waals surface area contributed by atoms with Gasteiger partial charge in [-0.05, 0) is 68.5 Å². The summed E-state index contributed by atoms with van der Waals surface area (Å²) in [4.78, 5) is 14.9. The lowest BCUT2D eigenvalue weighted by molar-refractivity contribution is 0.128. The number of halogens is 1. The van der Waals surface area contributed by atoms with Crippen LogP contribution in [0.3, 0.4) is 0 Å². The van der Waals surface area contributed by atoms with Crippen molar-refractivity contribution in [2.24, 2.45) is 0 Å². The zero-order valence-corrected chi connectivity index (χ0v) is 20.5. The molecule has 1 saturated carbocycles. The maximum Gasteiger partial charge on any atom is 0.407 e. The molecule has 1 aliphatic carbocycles. The molecule has 180 valence electrons. The van der Waals surface area contributed by atoms with Crippen molar-refractivity contribution < 1.29 is 9.53 Å². The number of carbonyl (C=O) groups is 1. The molecule has 6 nitrogen and oxygen atoms in total. The molecule has 1 aliphatic heterocycles. The van der Waals surface area contributed by atoms with Gasteiger partial charge < -0.3 is 20.3 Å². The molecule has 34 heavy (non-hydrogen) atoms. The first-order chi connectivity index (χ1) is 16.5. The second kappa shape index (κ2) is 11.6. The highest BCUT2D eigenvalue weighted by molar-refractivity contribution is 6.31. The zero-order chi connectivity index (χ0) is 23.9. The van der Waals surface area contributed by atoms with E-state index in [2.05, 4.69) is 21.6 Å². The van der Waals surface area contributed by atoms with Crippen LogP contribution in [0.15, 0.2) is 42.5 Å². The molecule has 3 atom stereocenters. The van der Waals surface area contributed by atoms with Crippen LogP contribution in [0.1, 0.15) is 55.2 Å². The number of ether oxygens (including phenoxy) is 1. The van der Waals surface area contributed by atoms with Gasteiger partial charge in [-0.1, -0.05) is 36.6 Å². The summed E-state index contributed by atoms with van der Waals surface area (Å²) in [7, 11) is 0. The summed E-state index contributed by atoms with van der Waals surface area (Å²) in [6.45, 7) is 4.09. The van der Waals surface area contributed by atoms with Gasteiger partial charge in [0, 0.05) is 47.5 Å². The van der Waals surface area contributed by atoms with Crippen molar-refractivity contribution in [3.8, 4) is 6.07 Å². The van der Waals surface area contributed by atoms with Gasteiger partial charge in [0.2, 0.25) is 0 Å². The average molecular weight is 481 g/mol. The fourth-order valence-electron chi connectivity index (χ4n) is 5.01. The monoisotopic (exact) mass is 480 g/mol. The average Bonchev–Trinajstić information content (AvgIpc) is 2.85. The van der Waals surface area contributed by atoms with E-state index in [0.717, 1.165) is 68.4 Å². The number of amides is 1. The van der Waals surface area contributed by atoms with E-state index in [0.29, 0.717) is 16.6 Å². The predicted molar refractivity (Wildman–Crippen MR) is 135 cm³/mol. The Labute approximate surface area is 207 Å². The van der Waals surface area contributed by atoms with Crippen LogP contribution in [0.5, 0.6) is 0 Å². The Morgan fingerprint density at radius 3 is 2.62 bits per heavy atom. The van der Waals surface area contributed by atoms with Gasteiger partial charge in [0.05, 0.1) is 11.6 Å². The fourth-order valence-corrected chi connectivity index (χ4v) is 5.30. The number of alkyl carbamates (subject to hydrolysis) is 1. The van der Waals surface area contributed by atoms with Crippen LogP contribution in [0.25, 0.3) is 0 Å². The molecular formula is C27H33ClN4O2. The third kappa shape index (κ3) is 6.43. The molecule has 1 heterocycles. The normalized spacial score (nSPS) is 22.6. The number of carbonyl (C=O) groups excluding carboxylic acids is 1. The SMILES string of the molecule is Cc1ccc(COC(=O)NC2CCCCC2NC2CCCN(c3ccc(C#N)cc3)C2)c(Cl)c1. The minimum absolute atomic E-state index is 0.0556. The number of hydrogen-bond donors (Lipinski definition) is 2. The number of rotatable bonds is 6. The molecule has 0 radical (unpaired) electrons. The molecule has 7 heteroatoms. The first kappa shape index (κ1) is 24.4. The van der Waals surface area contributed by atoms with Crippen LogP contribution in [0.2, 0.25) is 5.02 Å². The third-order valence-electron chi connectivity index (χ3n) is 6.87. The maximum atomic E-state index is 12.6. The van der Waals surface area contributed by atoms with Gasteiger partial charge in [0.25, 0.3) is 0 Å². The highest BCUT2D eigenvalue weighted by Gasteiger charge is 2.30. The van der Waals surface area contributed by atoms with Gasteiger partial charge >= 0.3 is 6.09 Å². The van der Waals surface area contributed by atoms with Gasteiger partial charge in [-0.2, -0.15) is 5.26 Å². The lowest BCUT2D eigenvalue weighted by Gasteiger charge is -2.40. The molecule has 1 saturated heterocycles. The number of hydrogen-bond acceptors (Lipinski definition) is 5. The van der Waals surface area contributed by atoms with Gasteiger partial charge in [-0.15, -0.1) is 0 Å². The molecule has 0 aromatic heterocycles. The predicted octanol–water partition coefficient (Wildman–Crippen LogP) is 5.32. The van der Waals surface area contributed by atoms with Crippen LogP contribution in [-0.4, -0.2) is 37.3 Å². The summed E-state index contributed by atoms with van der Waals surface area (Å²) >= 11 is 6.27. The molecule has 3 unspecified atom stereocenters.